The Morgan fingerprint density at radius 3 is 2.32 bits per heavy atom. The highest BCUT2D eigenvalue weighted by Crippen LogP contribution is 2.11. The van der Waals surface area contributed by atoms with Gasteiger partial charge in [-0.3, -0.25) is 0 Å². The predicted octanol–water partition coefficient (Wildman–Crippen LogP) is 3.69. The summed E-state index contributed by atoms with van der Waals surface area (Å²) >= 11 is 0. The molecule has 0 aliphatic heterocycles. The second kappa shape index (κ2) is 9.85. The molecule has 0 aliphatic carbocycles. The van der Waals surface area contributed by atoms with E-state index >= 15 is 0 Å². The Balaban J connectivity index is 1.47. The van der Waals surface area contributed by atoms with Crippen LogP contribution in [0.1, 0.15) is 18.4 Å². The molecule has 0 amide bonds. The molecular formula is C19H25NO2. The number of ether oxygens (including phenoxy) is 2. The topological polar surface area (TPSA) is 30.5 Å². The third-order valence-corrected chi connectivity index (χ3v) is 3.51. The van der Waals surface area contributed by atoms with E-state index in [-0.39, 0.29) is 0 Å². The zero-order chi connectivity index (χ0) is 15.5. The van der Waals surface area contributed by atoms with Crippen LogP contribution < -0.4 is 14.8 Å². The van der Waals surface area contributed by atoms with Crippen LogP contribution in [0, 0.1) is 0 Å². The maximum absolute atomic E-state index is 5.66. The van der Waals surface area contributed by atoms with E-state index in [1.807, 2.05) is 42.5 Å². The van der Waals surface area contributed by atoms with Gasteiger partial charge in [0.05, 0.1) is 13.7 Å². The molecule has 3 heteroatoms. The largest absolute Gasteiger partial charge is 0.497 e. The zero-order valence-corrected chi connectivity index (χ0v) is 13.3. The molecule has 1 N–H and O–H groups in total. The van der Waals surface area contributed by atoms with Crippen LogP contribution in [-0.2, 0) is 6.42 Å². The van der Waals surface area contributed by atoms with E-state index in [1.54, 1.807) is 7.11 Å². The van der Waals surface area contributed by atoms with Crippen molar-refractivity contribution in [3.05, 3.63) is 60.2 Å². The van der Waals surface area contributed by atoms with E-state index in [0.29, 0.717) is 0 Å². The van der Waals surface area contributed by atoms with E-state index in [1.165, 1.54) is 5.56 Å². The summed E-state index contributed by atoms with van der Waals surface area (Å²) < 4.78 is 10.8. The van der Waals surface area contributed by atoms with Crippen LogP contribution in [-0.4, -0.2) is 26.8 Å². The third-order valence-electron chi connectivity index (χ3n) is 3.51. The smallest absolute Gasteiger partial charge is 0.119 e. The van der Waals surface area contributed by atoms with Crippen LogP contribution in [0.4, 0.5) is 0 Å². The maximum atomic E-state index is 5.66. The van der Waals surface area contributed by atoms with E-state index in [2.05, 4.69) is 17.4 Å². The van der Waals surface area contributed by atoms with Gasteiger partial charge < -0.3 is 14.8 Å². The lowest BCUT2D eigenvalue weighted by atomic mass is 10.1. The first-order chi connectivity index (χ1) is 10.9. The fraction of sp³-hybridized carbons (Fsp3) is 0.368. The fourth-order valence-electron chi connectivity index (χ4n) is 2.21. The monoisotopic (exact) mass is 299 g/mol. The molecule has 2 aromatic rings. The van der Waals surface area contributed by atoms with Gasteiger partial charge in [-0.25, -0.2) is 0 Å². The molecule has 0 radical (unpaired) electrons. The van der Waals surface area contributed by atoms with Crippen molar-refractivity contribution in [3.63, 3.8) is 0 Å². The minimum atomic E-state index is 0.782. The lowest BCUT2D eigenvalue weighted by Gasteiger charge is -2.07. The summed E-state index contributed by atoms with van der Waals surface area (Å²) in [4.78, 5) is 0. The second-order valence-corrected chi connectivity index (χ2v) is 5.22. The number of benzene rings is 2. The van der Waals surface area contributed by atoms with Crippen molar-refractivity contribution in [2.75, 3.05) is 26.8 Å². The lowest BCUT2D eigenvalue weighted by molar-refractivity contribution is 0.306. The molecular weight excluding hydrogens is 274 g/mol. The Bertz CT molecular complexity index is 511. The van der Waals surface area contributed by atoms with Crippen molar-refractivity contribution in [2.24, 2.45) is 0 Å². The molecule has 22 heavy (non-hydrogen) atoms. The fourth-order valence-corrected chi connectivity index (χ4v) is 2.21. The number of unbranched alkanes of at least 4 members (excludes halogenated alkanes) is 1. The van der Waals surface area contributed by atoms with Gasteiger partial charge in [0.1, 0.15) is 11.5 Å². The summed E-state index contributed by atoms with van der Waals surface area (Å²) in [6.07, 6.45) is 3.25. The first-order valence-electron chi connectivity index (χ1n) is 7.90. The van der Waals surface area contributed by atoms with Gasteiger partial charge >= 0.3 is 0 Å². The Morgan fingerprint density at radius 1 is 0.818 bits per heavy atom. The van der Waals surface area contributed by atoms with Crippen LogP contribution in [0.25, 0.3) is 0 Å². The van der Waals surface area contributed by atoms with Gasteiger partial charge in [0, 0.05) is 0 Å². The maximum Gasteiger partial charge on any atom is 0.119 e. The van der Waals surface area contributed by atoms with E-state index < -0.39 is 0 Å². The number of methoxy groups -OCH3 is 1. The van der Waals surface area contributed by atoms with Gasteiger partial charge in [-0.2, -0.15) is 0 Å². The van der Waals surface area contributed by atoms with E-state index in [0.717, 1.165) is 50.5 Å². The van der Waals surface area contributed by atoms with Crippen molar-refractivity contribution in [3.8, 4) is 11.5 Å². The first kappa shape index (κ1) is 16.4. The van der Waals surface area contributed by atoms with E-state index in [9.17, 15) is 0 Å². The molecule has 2 aromatic carbocycles. The molecule has 0 spiro atoms. The van der Waals surface area contributed by atoms with Crippen molar-refractivity contribution in [1.82, 2.24) is 5.32 Å². The van der Waals surface area contributed by atoms with Crippen molar-refractivity contribution in [1.29, 1.82) is 0 Å². The lowest BCUT2D eigenvalue weighted by Crippen LogP contribution is -2.19. The number of nitrogens with one attached hydrogen (secondary N) is 1. The Kier molecular flexibility index (Phi) is 7.33. The van der Waals surface area contributed by atoms with Gasteiger partial charge in [-0.15, -0.1) is 0 Å². The average molecular weight is 299 g/mol. The summed E-state index contributed by atoms with van der Waals surface area (Å²) in [5.74, 6) is 1.87. The first-order valence-corrected chi connectivity index (χ1v) is 7.90. The molecule has 0 aliphatic rings. The molecule has 0 bridgehead atoms. The molecule has 0 saturated carbocycles. The summed E-state index contributed by atoms with van der Waals surface area (Å²) in [6, 6.07) is 18.2. The van der Waals surface area contributed by atoms with Crippen LogP contribution in [0.5, 0.6) is 11.5 Å². The Hall–Kier alpha value is -2.00. The summed E-state index contributed by atoms with van der Waals surface area (Å²) in [7, 11) is 1.69. The molecule has 0 atom stereocenters. The quantitative estimate of drug-likeness (QED) is 0.679. The summed E-state index contributed by atoms with van der Waals surface area (Å²) in [5.41, 5.74) is 1.33. The van der Waals surface area contributed by atoms with Gasteiger partial charge in [-0.05, 0) is 62.2 Å². The highest BCUT2D eigenvalue weighted by atomic mass is 16.5. The Labute approximate surface area is 133 Å². The number of rotatable bonds is 10. The molecule has 0 heterocycles. The number of hydrogen-bond donors (Lipinski definition) is 1. The van der Waals surface area contributed by atoms with Gasteiger partial charge in [0.2, 0.25) is 0 Å². The molecule has 3 nitrogen and oxygen atoms in total. The van der Waals surface area contributed by atoms with Crippen molar-refractivity contribution >= 4 is 0 Å². The van der Waals surface area contributed by atoms with Crippen LogP contribution in [0.3, 0.4) is 0 Å². The van der Waals surface area contributed by atoms with Gasteiger partial charge in [-0.1, -0.05) is 30.3 Å². The molecule has 0 saturated heterocycles. The molecule has 2 rings (SSSR count). The second-order valence-electron chi connectivity index (χ2n) is 5.22. The minimum Gasteiger partial charge on any atom is -0.497 e. The van der Waals surface area contributed by atoms with Crippen molar-refractivity contribution < 1.29 is 9.47 Å². The molecule has 118 valence electrons. The molecule has 0 unspecified atom stereocenters. The zero-order valence-electron chi connectivity index (χ0n) is 13.3. The number of hydrogen-bond acceptors (Lipinski definition) is 3. The van der Waals surface area contributed by atoms with Crippen LogP contribution in [0.2, 0.25) is 0 Å². The molecule has 0 fully saturated rings. The average Bonchev–Trinajstić information content (AvgIpc) is 2.59. The Morgan fingerprint density at radius 2 is 1.59 bits per heavy atom. The van der Waals surface area contributed by atoms with E-state index in [4.69, 9.17) is 9.47 Å². The van der Waals surface area contributed by atoms with Crippen molar-refractivity contribution in [2.45, 2.75) is 19.3 Å². The normalized spacial score (nSPS) is 10.4. The predicted molar refractivity (Wildman–Crippen MR) is 90.7 cm³/mol. The van der Waals surface area contributed by atoms with Gasteiger partial charge in [0.15, 0.2) is 0 Å². The van der Waals surface area contributed by atoms with Gasteiger partial charge in [0.25, 0.3) is 0 Å². The molecule has 0 aromatic heterocycles. The minimum absolute atomic E-state index is 0.782. The highest BCUT2D eigenvalue weighted by Gasteiger charge is 1.95. The van der Waals surface area contributed by atoms with Crippen LogP contribution in [0.15, 0.2) is 54.6 Å². The highest BCUT2D eigenvalue weighted by molar-refractivity contribution is 5.27. The third kappa shape index (κ3) is 6.19. The summed E-state index contributed by atoms with van der Waals surface area (Å²) in [6.45, 7) is 2.82. The summed E-state index contributed by atoms with van der Waals surface area (Å²) in [5, 5.41) is 3.47. The SMILES string of the molecule is COc1ccc(CCNCCCCOc2ccccc2)cc1. The standard InChI is InChI=1S/C19H25NO2/c1-21-18-11-9-17(10-12-18)13-15-20-14-5-6-16-22-19-7-3-2-4-8-19/h2-4,7-12,20H,5-6,13-16H2,1H3. The van der Waals surface area contributed by atoms with Crippen LogP contribution >= 0.6 is 0 Å². The number of para-hydroxylation sites is 1.